The third-order valence-corrected chi connectivity index (χ3v) is 4.85. The average Bonchev–Trinajstić information content (AvgIpc) is 3.14. The van der Waals surface area contributed by atoms with Crippen LogP contribution in [0.25, 0.3) is 0 Å². The van der Waals surface area contributed by atoms with E-state index in [1.54, 1.807) is 0 Å². The molecular formula is C21H23NO3. The maximum atomic E-state index is 5.97. The van der Waals surface area contributed by atoms with Gasteiger partial charge in [-0.3, -0.25) is 4.90 Å². The first-order valence-electron chi connectivity index (χ1n) is 8.79. The first kappa shape index (κ1) is 16.0. The molecule has 2 aromatic rings. The van der Waals surface area contributed by atoms with Gasteiger partial charge in [-0.25, -0.2) is 0 Å². The van der Waals surface area contributed by atoms with Gasteiger partial charge >= 0.3 is 0 Å². The highest BCUT2D eigenvalue weighted by Gasteiger charge is 2.20. The zero-order valence-corrected chi connectivity index (χ0v) is 14.5. The molecular weight excluding hydrogens is 314 g/mol. The molecule has 130 valence electrons. The van der Waals surface area contributed by atoms with Crippen LogP contribution in [0.4, 0.5) is 0 Å². The number of benzene rings is 2. The Morgan fingerprint density at radius 2 is 1.92 bits per heavy atom. The Hall–Kier alpha value is -2.46. The summed E-state index contributed by atoms with van der Waals surface area (Å²) in [5, 5.41) is 0. The van der Waals surface area contributed by atoms with E-state index >= 15 is 0 Å². The number of hydrogen-bond acceptors (Lipinski definition) is 4. The van der Waals surface area contributed by atoms with Gasteiger partial charge in [0, 0.05) is 25.2 Å². The summed E-state index contributed by atoms with van der Waals surface area (Å²) in [6, 6.07) is 16.8. The smallest absolute Gasteiger partial charge is 0.231 e. The Bertz CT molecular complexity index is 757. The van der Waals surface area contributed by atoms with Gasteiger partial charge in [-0.1, -0.05) is 36.4 Å². The first-order chi connectivity index (χ1) is 12.3. The number of hydrogen-bond donors (Lipinski definition) is 0. The molecule has 0 bridgehead atoms. The zero-order chi connectivity index (χ0) is 17.1. The molecule has 0 aliphatic carbocycles. The van der Waals surface area contributed by atoms with E-state index in [2.05, 4.69) is 48.2 Å². The topological polar surface area (TPSA) is 30.9 Å². The molecule has 25 heavy (non-hydrogen) atoms. The Labute approximate surface area is 148 Å². The van der Waals surface area contributed by atoms with Crippen LogP contribution in [0.2, 0.25) is 0 Å². The predicted octanol–water partition coefficient (Wildman–Crippen LogP) is 4.19. The van der Waals surface area contributed by atoms with Crippen LogP contribution in [0.3, 0.4) is 0 Å². The highest BCUT2D eigenvalue weighted by Crippen LogP contribution is 2.35. The molecule has 4 nitrogen and oxygen atoms in total. The standard InChI is InChI=1S/C21H23NO3/c1-16(18-7-3-2-4-8-18)22-11-5-6-17(13-22)14-23-19-9-10-20-21(12-19)25-15-24-20/h2-4,6-10,12,16H,5,11,13-15H2,1H3/t16-/m0/s1. The number of ether oxygens (including phenoxy) is 3. The van der Waals surface area contributed by atoms with Gasteiger partial charge in [-0.2, -0.15) is 0 Å². The molecule has 0 amide bonds. The van der Waals surface area contributed by atoms with Crippen molar-refractivity contribution in [3.05, 3.63) is 65.7 Å². The molecule has 0 radical (unpaired) electrons. The van der Waals surface area contributed by atoms with Crippen LogP contribution in [0.15, 0.2) is 60.2 Å². The SMILES string of the molecule is C[C@@H](c1ccccc1)N1CCC=C(COc2ccc3c(c2)OCO3)C1. The molecule has 2 aromatic carbocycles. The quantitative estimate of drug-likeness (QED) is 0.766. The second kappa shape index (κ2) is 7.19. The van der Waals surface area contributed by atoms with E-state index in [0.29, 0.717) is 12.6 Å². The Kier molecular flexibility index (Phi) is 4.61. The lowest BCUT2D eigenvalue weighted by Gasteiger charge is -2.33. The van der Waals surface area contributed by atoms with Gasteiger partial charge in [0.2, 0.25) is 6.79 Å². The van der Waals surface area contributed by atoms with Crippen LogP contribution in [0.1, 0.15) is 24.9 Å². The van der Waals surface area contributed by atoms with Gasteiger partial charge in [-0.15, -0.1) is 0 Å². The van der Waals surface area contributed by atoms with E-state index in [-0.39, 0.29) is 6.79 Å². The summed E-state index contributed by atoms with van der Waals surface area (Å²) in [6.07, 6.45) is 3.37. The van der Waals surface area contributed by atoms with Gasteiger partial charge < -0.3 is 14.2 Å². The highest BCUT2D eigenvalue weighted by molar-refractivity contribution is 5.47. The molecule has 0 saturated heterocycles. The molecule has 0 spiro atoms. The van der Waals surface area contributed by atoms with Crippen LogP contribution in [-0.2, 0) is 0 Å². The molecule has 0 N–H and O–H groups in total. The van der Waals surface area contributed by atoms with Crippen LogP contribution >= 0.6 is 0 Å². The summed E-state index contributed by atoms with van der Waals surface area (Å²) >= 11 is 0. The summed E-state index contributed by atoms with van der Waals surface area (Å²) in [5.41, 5.74) is 2.69. The lowest BCUT2D eigenvalue weighted by molar-refractivity contribution is 0.173. The van der Waals surface area contributed by atoms with E-state index < -0.39 is 0 Å². The summed E-state index contributed by atoms with van der Waals surface area (Å²) in [5.74, 6) is 2.36. The summed E-state index contributed by atoms with van der Waals surface area (Å²) in [4.78, 5) is 2.51. The van der Waals surface area contributed by atoms with E-state index in [0.717, 1.165) is 36.8 Å². The third kappa shape index (κ3) is 3.64. The summed E-state index contributed by atoms with van der Waals surface area (Å²) < 4.78 is 16.7. The van der Waals surface area contributed by atoms with E-state index in [1.165, 1.54) is 11.1 Å². The number of nitrogens with zero attached hydrogens (tertiary/aromatic N) is 1. The van der Waals surface area contributed by atoms with Gasteiger partial charge in [-0.05, 0) is 36.6 Å². The van der Waals surface area contributed by atoms with Gasteiger partial charge in [0.1, 0.15) is 12.4 Å². The van der Waals surface area contributed by atoms with E-state index in [4.69, 9.17) is 14.2 Å². The normalized spacial score (nSPS) is 17.9. The van der Waals surface area contributed by atoms with Crippen molar-refractivity contribution >= 4 is 0 Å². The second-order valence-electron chi connectivity index (χ2n) is 6.51. The molecule has 0 unspecified atom stereocenters. The Morgan fingerprint density at radius 3 is 2.80 bits per heavy atom. The summed E-state index contributed by atoms with van der Waals surface area (Å²) in [6.45, 7) is 5.20. The molecule has 1 atom stereocenters. The third-order valence-electron chi connectivity index (χ3n) is 4.85. The van der Waals surface area contributed by atoms with Crippen LogP contribution in [-0.4, -0.2) is 31.4 Å². The fraction of sp³-hybridized carbons (Fsp3) is 0.333. The minimum absolute atomic E-state index is 0.288. The highest BCUT2D eigenvalue weighted by atomic mass is 16.7. The second-order valence-corrected chi connectivity index (χ2v) is 6.51. The molecule has 0 fully saturated rings. The van der Waals surface area contributed by atoms with Crippen molar-refractivity contribution in [2.24, 2.45) is 0 Å². The van der Waals surface area contributed by atoms with Crippen molar-refractivity contribution in [3.8, 4) is 17.2 Å². The van der Waals surface area contributed by atoms with Crippen molar-refractivity contribution < 1.29 is 14.2 Å². The Balaban J connectivity index is 1.36. The van der Waals surface area contributed by atoms with Crippen LogP contribution in [0.5, 0.6) is 17.2 Å². The van der Waals surface area contributed by atoms with Gasteiger partial charge in [0.05, 0.1) is 0 Å². The van der Waals surface area contributed by atoms with Crippen molar-refractivity contribution in [1.82, 2.24) is 4.90 Å². The Morgan fingerprint density at radius 1 is 1.08 bits per heavy atom. The average molecular weight is 337 g/mol. The van der Waals surface area contributed by atoms with Crippen molar-refractivity contribution in [3.63, 3.8) is 0 Å². The molecule has 2 aliphatic heterocycles. The lowest BCUT2D eigenvalue weighted by atomic mass is 10.0. The lowest BCUT2D eigenvalue weighted by Crippen LogP contribution is -2.33. The van der Waals surface area contributed by atoms with Crippen molar-refractivity contribution in [1.29, 1.82) is 0 Å². The van der Waals surface area contributed by atoms with Crippen molar-refractivity contribution in [2.45, 2.75) is 19.4 Å². The van der Waals surface area contributed by atoms with Gasteiger partial charge in [0.15, 0.2) is 11.5 Å². The molecule has 0 saturated carbocycles. The molecule has 4 heteroatoms. The van der Waals surface area contributed by atoms with E-state index in [9.17, 15) is 0 Å². The van der Waals surface area contributed by atoms with Crippen molar-refractivity contribution in [2.75, 3.05) is 26.5 Å². The number of fused-ring (bicyclic) bond motifs is 1. The molecule has 2 aliphatic rings. The fourth-order valence-corrected chi connectivity index (χ4v) is 3.36. The molecule has 2 heterocycles. The number of rotatable bonds is 5. The maximum Gasteiger partial charge on any atom is 0.231 e. The minimum atomic E-state index is 0.288. The maximum absolute atomic E-state index is 5.97. The monoisotopic (exact) mass is 337 g/mol. The first-order valence-corrected chi connectivity index (χ1v) is 8.79. The largest absolute Gasteiger partial charge is 0.489 e. The zero-order valence-electron chi connectivity index (χ0n) is 14.5. The van der Waals surface area contributed by atoms with Crippen LogP contribution < -0.4 is 14.2 Å². The summed E-state index contributed by atoms with van der Waals surface area (Å²) in [7, 11) is 0. The fourth-order valence-electron chi connectivity index (χ4n) is 3.36. The van der Waals surface area contributed by atoms with Gasteiger partial charge in [0.25, 0.3) is 0 Å². The minimum Gasteiger partial charge on any atom is -0.489 e. The van der Waals surface area contributed by atoms with E-state index in [1.807, 2.05) is 18.2 Å². The van der Waals surface area contributed by atoms with Crippen LogP contribution in [0, 0.1) is 0 Å². The predicted molar refractivity (Wildman–Crippen MR) is 97.2 cm³/mol. The molecule has 0 aromatic heterocycles. The molecule has 4 rings (SSSR count).